The number of amides is 1. The van der Waals surface area contributed by atoms with Crippen molar-refractivity contribution in [1.29, 1.82) is 0 Å². The van der Waals surface area contributed by atoms with Gasteiger partial charge in [0.1, 0.15) is 5.75 Å². The van der Waals surface area contributed by atoms with Crippen molar-refractivity contribution in [1.82, 2.24) is 4.98 Å². The Morgan fingerprint density at radius 2 is 1.79 bits per heavy atom. The van der Waals surface area contributed by atoms with Gasteiger partial charge >= 0.3 is 0 Å². The summed E-state index contributed by atoms with van der Waals surface area (Å²) in [6.07, 6.45) is 3.76. The molecule has 0 saturated heterocycles. The monoisotopic (exact) mass is 477 g/mol. The van der Waals surface area contributed by atoms with Crippen LogP contribution in [0, 0.1) is 6.92 Å². The molecule has 7 nitrogen and oxygen atoms in total. The molecule has 34 heavy (non-hydrogen) atoms. The van der Waals surface area contributed by atoms with Gasteiger partial charge in [0, 0.05) is 29.2 Å². The number of carbonyl (C=O) groups excluding carboxylic acids is 1. The molecule has 4 aromatic rings. The lowest BCUT2D eigenvalue weighted by Gasteiger charge is -2.14. The molecule has 3 N–H and O–H groups in total. The van der Waals surface area contributed by atoms with Crippen LogP contribution in [0.2, 0.25) is 0 Å². The third kappa shape index (κ3) is 5.23. The highest BCUT2D eigenvalue weighted by atomic mass is 32.2. The van der Waals surface area contributed by atoms with Crippen LogP contribution >= 0.6 is 0 Å². The Labute approximate surface area is 199 Å². The zero-order chi connectivity index (χ0) is 24.1. The number of anilines is 2. The van der Waals surface area contributed by atoms with Crippen molar-refractivity contribution < 1.29 is 17.9 Å². The summed E-state index contributed by atoms with van der Waals surface area (Å²) in [7, 11) is -2.41. The number of benzene rings is 3. The van der Waals surface area contributed by atoms with Gasteiger partial charge in [0.25, 0.3) is 10.0 Å². The highest BCUT2D eigenvalue weighted by Crippen LogP contribution is 2.28. The number of aryl methyl sites for hydroxylation is 2. The highest BCUT2D eigenvalue weighted by Gasteiger charge is 2.20. The lowest BCUT2D eigenvalue weighted by molar-refractivity contribution is -0.116. The van der Waals surface area contributed by atoms with Gasteiger partial charge in [0.15, 0.2) is 0 Å². The predicted octanol–water partition coefficient (Wildman–Crippen LogP) is 5.25. The van der Waals surface area contributed by atoms with Crippen molar-refractivity contribution in [3.05, 3.63) is 84.1 Å². The summed E-state index contributed by atoms with van der Waals surface area (Å²) in [5.74, 6) is 0.258. The number of nitrogens with one attached hydrogen (secondary N) is 3. The van der Waals surface area contributed by atoms with E-state index in [-0.39, 0.29) is 10.8 Å². The summed E-state index contributed by atoms with van der Waals surface area (Å²) in [4.78, 5) is 15.9. The van der Waals surface area contributed by atoms with Crippen molar-refractivity contribution in [3.63, 3.8) is 0 Å². The number of aromatic amines is 1. The molecule has 0 bridgehead atoms. The van der Waals surface area contributed by atoms with Crippen LogP contribution in [-0.2, 0) is 21.2 Å². The summed E-state index contributed by atoms with van der Waals surface area (Å²) in [6.45, 7) is 1.71. The van der Waals surface area contributed by atoms with Crippen LogP contribution < -0.4 is 14.8 Å². The van der Waals surface area contributed by atoms with E-state index in [9.17, 15) is 13.2 Å². The maximum Gasteiger partial charge on any atom is 0.262 e. The lowest BCUT2D eigenvalue weighted by atomic mass is 10.1. The average Bonchev–Trinajstić information content (AvgIpc) is 3.23. The summed E-state index contributed by atoms with van der Waals surface area (Å²) in [5, 5.41) is 3.99. The standard InChI is InChI=1S/C26H27N3O4S/c1-18-14-15-20(16-25(18)34(31,32)29-23-11-5-6-12-24(23)33-2)28-26(30)13-7-8-19-17-27-22-10-4-3-9-21(19)22/h3-6,9-12,14-17,27,29H,7-8,13H2,1-2H3,(H,28,30). The van der Waals surface area contributed by atoms with Gasteiger partial charge in [0.05, 0.1) is 17.7 Å². The van der Waals surface area contributed by atoms with E-state index in [4.69, 9.17) is 4.74 Å². The molecule has 3 aromatic carbocycles. The van der Waals surface area contributed by atoms with Crippen LogP contribution in [0.1, 0.15) is 24.0 Å². The number of para-hydroxylation sites is 3. The fourth-order valence-corrected chi connectivity index (χ4v) is 5.24. The number of ether oxygens (including phenoxy) is 1. The minimum atomic E-state index is -3.89. The van der Waals surface area contributed by atoms with E-state index in [1.165, 1.54) is 24.1 Å². The molecular formula is C26H27N3O4S. The molecule has 0 atom stereocenters. The maximum absolute atomic E-state index is 13.1. The van der Waals surface area contributed by atoms with Gasteiger partial charge in [-0.2, -0.15) is 0 Å². The van der Waals surface area contributed by atoms with E-state index in [1.807, 2.05) is 24.4 Å². The zero-order valence-electron chi connectivity index (χ0n) is 19.1. The van der Waals surface area contributed by atoms with Gasteiger partial charge < -0.3 is 15.0 Å². The van der Waals surface area contributed by atoms with Crippen molar-refractivity contribution in [2.45, 2.75) is 31.1 Å². The fourth-order valence-electron chi connectivity index (χ4n) is 3.90. The average molecular weight is 478 g/mol. The van der Waals surface area contributed by atoms with Crippen LogP contribution in [0.5, 0.6) is 5.75 Å². The Balaban J connectivity index is 1.41. The van der Waals surface area contributed by atoms with Gasteiger partial charge in [0.2, 0.25) is 5.91 Å². The first kappa shape index (κ1) is 23.4. The third-order valence-electron chi connectivity index (χ3n) is 5.64. The topological polar surface area (TPSA) is 100 Å². The predicted molar refractivity (Wildman–Crippen MR) is 135 cm³/mol. The molecule has 1 heterocycles. The molecule has 1 aromatic heterocycles. The summed E-state index contributed by atoms with van der Waals surface area (Å²) in [5.41, 5.74) is 3.60. The molecule has 1 amide bonds. The number of sulfonamides is 1. The molecule has 0 aliphatic heterocycles. The van der Waals surface area contributed by atoms with Crippen LogP contribution in [0.4, 0.5) is 11.4 Å². The molecule has 0 aliphatic rings. The van der Waals surface area contributed by atoms with Gasteiger partial charge in [-0.25, -0.2) is 8.42 Å². The summed E-state index contributed by atoms with van der Waals surface area (Å²) < 4.78 is 33.9. The number of rotatable bonds is 9. The normalized spacial score (nSPS) is 11.4. The Morgan fingerprint density at radius 1 is 1.03 bits per heavy atom. The number of carbonyl (C=O) groups is 1. The van der Waals surface area contributed by atoms with E-state index < -0.39 is 10.0 Å². The Bertz CT molecular complexity index is 1430. The number of hydrogen-bond donors (Lipinski definition) is 3. The van der Waals surface area contributed by atoms with E-state index in [1.54, 1.807) is 43.3 Å². The molecular weight excluding hydrogens is 450 g/mol. The largest absolute Gasteiger partial charge is 0.495 e. The van der Waals surface area contributed by atoms with E-state index >= 15 is 0 Å². The first-order valence-corrected chi connectivity index (χ1v) is 12.5. The molecule has 0 aliphatic carbocycles. The molecule has 0 saturated carbocycles. The zero-order valence-corrected chi connectivity index (χ0v) is 19.9. The van der Waals surface area contributed by atoms with Crippen molar-refractivity contribution in [2.24, 2.45) is 0 Å². The SMILES string of the molecule is COc1ccccc1NS(=O)(=O)c1cc(NC(=O)CCCc2c[nH]c3ccccc23)ccc1C. The molecule has 0 fully saturated rings. The van der Waals surface area contributed by atoms with E-state index in [2.05, 4.69) is 21.1 Å². The van der Waals surface area contributed by atoms with Gasteiger partial charge in [-0.1, -0.05) is 36.4 Å². The van der Waals surface area contributed by atoms with Gasteiger partial charge in [-0.05, 0) is 61.2 Å². The Kier molecular flexibility index (Phi) is 6.88. The van der Waals surface area contributed by atoms with Crippen LogP contribution in [-0.4, -0.2) is 26.4 Å². The number of hydrogen-bond acceptors (Lipinski definition) is 4. The van der Waals surface area contributed by atoms with Crippen molar-refractivity contribution in [2.75, 3.05) is 17.1 Å². The third-order valence-corrected chi connectivity index (χ3v) is 7.15. The second kappa shape index (κ2) is 10.0. The highest BCUT2D eigenvalue weighted by molar-refractivity contribution is 7.92. The number of methoxy groups -OCH3 is 1. The second-order valence-corrected chi connectivity index (χ2v) is 9.70. The molecule has 0 unspecified atom stereocenters. The Morgan fingerprint density at radius 3 is 2.62 bits per heavy atom. The first-order valence-electron chi connectivity index (χ1n) is 11.0. The number of aromatic nitrogens is 1. The smallest absolute Gasteiger partial charge is 0.262 e. The lowest BCUT2D eigenvalue weighted by Crippen LogP contribution is -2.16. The minimum absolute atomic E-state index is 0.0926. The molecule has 8 heteroatoms. The minimum Gasteiger partial charge on any atom is -0.495 e. The molecule has 4 rings (SSSR count). The van der Waals surface area contributed by atoms with E-state index in [0.717, 1.165) is 11.9 Å². The summed E-state index contributed by atoms with van der Waals surface area (Å²) >= 11 is 0. The Hall–Kier alpha value is -3.78. The van der Waals surface area contributed by atoms with Crippen LogP contribution in [0.25, 0.3) is 10.9 Å². The molecule has 0 spiro atoms. The van der Waals surface area contributed by atoms with Crippen LogP contribution in [0.3, 0.4) is 0 Å². The summed E-state index contributed by atoms with van der Waals surface area (Å²) in [6, 6.07) is 19.7. The first-order chi connectivity index (χ1) is 16.4. The van der Waals surface area contributed by atoms with Gasteiger partial charge in [-0.15, -0.1) is 0 Å². The second-order valence-electron chi connectivity index (χ2n) is 8.05. The number of H-pyrrole nitrogens is 1. The fraction of sp³-hybridized carbons (Fsp3) is 0.192. The quantitative estimate of drug-likeness (QED) is 0.307. The van der Waals surface area contributed by atoms with Crippen molar-refractivity contribution in [3.8, 4) is 5.75 Å². The molecule has 176 valence electrons. The maximum atomic E-state index is 13.1. The van der Waals surface area contributed by atoms with Crippen molar-refractivity contribution >= 4 is 38.2 Å². The molecule has 0 radical (unpaired) electrons. The van der Waals surface area contributed by atoms with Gasteiger partial charge in [-0.3, -0.25) is 9.52 Å². The number of fused-ring (bicyclic) bond motifs is 1. The van der Waals surface area contributed by atoms with Crippen LogP contribution in [0.15, 0.2) is 77.8 Å². The van der Waals surface area contributed by atoms with E-state index in [0.29, 0.717) is 35.5 Å².